The second-order valence-electron chi connectivity index (χ2n) is 8.30. The fraction of sp³-hybridized carbons (Fsp3) is 0.360. The van der Waals surface area contributed by atoms with E-state index in [0.717, 1.165) is 5.56 Å². The Labute approximate surface area is 185 Å². The SMILES string of the molecule is O=C1C[C@@H]2[C@@H](C=C[C@H](O)[C@@H]3OCc4ccccc4O3)[C@H](OC(=O)c3ccccc3)C[C@@H]2O1. The third-order valence-electron chi connectivity index (χ3n) is 6.25. The van der Waals surface area contributed by atoms with Crippen LogP contribution in [0.1, 0.15) is 28.8 Å². The lowest BCUT2D eigenvalue weighted by molar-refractivity contribution is -0.152. The molecule has 2 aromatic carbocycles. The van der Waals surface area contributed by atoms with Crippen molar-refractivity contribution >= 4 is 11.9 Å². The van der Waals surface area contributed by atoms with Crippen molar-refractivity contribution in [3.8, 4) is 5.75 Å². The number of carbonyl (C=O) groups excluding carboxylic acids is 2. The number of hydrogen-bond acceptors (Lipinski definition) is 7. The maximum Gasteiger partial charge on any atom is 0.338 e. The molecular formula is C25H24O7. The molecular weight excluding hydrogens is 412 g/mol. The van der Waals surface area contributed by atoms with E-state index in [1.54, 1.807) is 36.4 Å². The molecule has 0 radical (unpaired) electrons. The molecule has 2 fully saturated rings. The molecule has 6 atom stereocenters. The van der Waals surface area contributed by atoms with E-state index in [9.17, 15) is 14.7 Å². The van der Waals surface area contributed by atoms with Crippen molar-refractivity contribution in [1.29, 1.82) is 0 Å². The van der Waals surface area contributed by atoms with E-state index in [4.69, 9.17) is 18.9 Å². The standard InChI is InChI=1S/C25H24O7/c26-19(25-29-14-16-8-4-5-9-20(16)32-25)11-10-17-18-12-23(27)30-22(18)13-21(17)31-24(28)15-6-2-1-3-7-15/h1-11,17-19,21-22,25-26H,12-14H2/t17-,18-,19+,21-,22+,25-/m1/s1. The molecule has 7 nitrogen and oxygen atoms in total. The first-order valence-electron chi connectivity index (χ1n) is 10.8. The van der Waals surface area contributed by atoms with Gasteiger partial charge in [-0.3, -0.25) is 4.79 Å². The largest absolute Gasteiger partial charge is 0.462 e. The zero-order valence-corrected chi connectivity index (χ0v) is 17.3. The third-order valence-corrected chi connectivity index (χ3v) is 6.25. The minimum Gasteiger partial charge on any atom is -0.462 e. The second kappa shape index (κ2) is 8.76. The van der Waals surface area contributed by atoms with E-state index >= 15 is 0 Å². The zero-order chi connectivity index (χ0) is 22.1. The van der Waals surface area contributed by atoms with Crippen molar-refractivity contribution in [1.82, 2.24) is 0 Å². The van der Waals surface area contributed by atoms with Gasteiger partial charge in [-0.25, -0.2) is 4.79 Å². The summed E-state index contributed by atoms with van der Waals surface area (Å²) in [6.45, 7) is 0.347. The number of carbonyl (C=O) groups is 2. The number of aliphatic hydroxyl groups excluding tert-OH is 1. The van der Waals surface area contributed by atoms with Crippen molar-refractivity contribution in [2.75, 3.05) is 0 Å². The summed E-state index contributed by atoms with van der Waals surface area (Å²) in [5, 5.41) is 10.7. The predicted octanol–water partition coefficient (Wildman–Crippen LogP) is 3.02. The molecule has 5 rings (SSSR count). The fourth-order valence-corrected chi connectivity index (χ4v) is 4.64. The topological polar surface area (TPSA) is 91.3 Å². The van der Waals surface area contributed by atoms with Crippen LogP contribution >= 0.6 is 0 Å². The lowest BCUT2D eigenvalue weighted by Gasteiger charge is -2.28. The maximum absolute atomic E-state index is 12.6. The second-order valence-corrected chi connectivity index (χ2v) is 8.30. The molecule has 3 aliphatic rings. The Morgan fingerprint density at radius 2 is 1.88 bits per heavy atom. The van der Waals surface area contributed by atoms with Gasteiger partial charge in [-0.05, 0) is 18.2 Å². The monoisotopic (exact) mass is 436 g/mol. The van der Waals surface area contributed by atoms with Crippen LogP contribution in [-0.2, 0) is 25.6 Å². The van der Waals surface area contributed by atoms with E-state index in [1.165, 1.54) is 0 Å². The van der Waals surface area contributed by atoms with E-state index in [0.29, 0.717) is 24.3 Å². The Morgan fingerprint density at radius 3 is 2.72 bits per heavy atom. The summed E-state index contributed by atoms with van der Waals surface area (Å²) in [4.78, 5) is 24.4. The molecule has 1 aliphatic carbocycles. The first-order valence-corrected chi connectivity index (χ1v) is 10.8. The van der Waals surface area contributed by atoms with Gasteiger partial charge in [-0.2, -0.15) is 0 Å². The number of para-hydroxylation sites is 1. The molecule has 32 heavy (non-hydrogen) atoms. The molecule has 0 spiro atoms. The van der Waals surface area contributed by atoms with Crippen molar-refractivity contribution in [3.63, 3.8) is 0 Å². The van der Waals surface area contributed by atoms with Gasteiger partial charge in [-0.15, -0.1) is 0 Å². The quantitative estimate of drug-likeness (QED) is 0.569. The van der Waals surface area contributed by atoms with Crippen LogP contribution in [-0.4, -0.2) is 41.6 Å². The number of hydrogen-bond donors (Lipinski definition) is 1. The van der Waals surface area contributed by atoms with Crippen LogP contribution < -0.4 is 4.74 Å². The number of fused-ring (bicyclic) bond motifs is 2. The van der Waals surface area contributed by atoms with E-state index in [1.807, 2.05) is 30.3 Å². The number of ether oxygens (including phenoxy) is 4. The van der Waals surface area contributed by atoms with E-state index in [-0.39, 0.29) is 30.3 Å². The normalized spacial score (nSPS) is 29.7. The molecule has 0 bridgehead atoms. The summed E-state index contributed by atoms with van der Waals surface area (Å²) < 4.78 is 22.6. The van der Waals surface area contributed by atoms with Gasteiger partial charge in [-0.1, -0.05) is 48.6 Å². The number of rotatable bonds is 5. The Hall–Kier alpha value is -3.16. The van der Waals surface area contributed by atoms with Gasteiger partial charge < -0.3 is 24.1 Å². The predicted molar refractivity (Wildman–Crippen MR) is 113 cm³/mol. The summed E-state index contributed by atoms with van der Waals surface area (Å²) in [6, 6.07) is 16.3. The van der Waals surface area contributed by atoms with Gasteiger partial charge in [0.25, 0.3) is 0 Å². The number of esters is 2. The summed E-state index contributed by atoms with van der Waals surface area (Å²) in [6.07, 6.45) is 1.48. The Balaban J connectivity index is 1.29. The van der Waals surface area contributed by atoms with Crippen LogP contribution in [0.3, 0.4) is 0 Å². The molecule has 2 aromatic rings. The van der Waals surface area contributed by atoms with Crippen molar-refractivity contribution in [3.05, 3.63) is 77.9 Å². The lowest BCUT2D eigenvalue weighted by Crippen LogP contribution is -2.36. The highest BCUT2D eigenvalue weighted by Crippen LogP contribution is 2.44. The van der Waals surface area contributed by atoms with Crippen molar-refractivity contribution in [2.24, 2.45) is 11.8 Å². The van der Waals surface area contributed by atoms with Gasteiger partial charge in [0, 0.05) is 23.8 Å². The van der Waals surface area contributed by atoms with E-state index < -0.39 is 24.5 Å². The molecule has 0 aromatic heterocycles. The van der Waals surface area contributed by atoms with Crippen LogP contribution in [0, 0.1) is 11.8 Å². The van der Waals surface area contributed by atoms with Gasteiger partial charge in [0.1, 0.15) is 24.1 Å². The molecule has 166 valence electrons. The average Bonchev–Trinajstić information content (AvgIpc) is 3.33. The van der Waals surface area contributed by atoms with Crippen LogP contribution in [0.25, 0.3) is 0 Å². The van der Waals surface area contributed by atoms with Crippen LogP contribution in [0.4, 0.5) is 0 Å². The van der Waals surface area contributed by atoms with Gasteiger partial charge in [0.05, 0.1) is 18.6 Å². The third kappa shape index (κ3) is 4.13. The van der Waals surface area contributed by atoms with Crippen LogP contribution in [0.15, 0.2) is 66.7 Å². The van der Waals surface area contributed by atoms with Crippen LogP contribution in [0.2, 0.25) is 0 Å². The van der Waals surface area contributed by atoms with Crippen molar-refractivity contribution < 1.29 is 33.6 Å². The minimum absolute atomic E-state index is 0.103. The molecule has 0 unspecified atom stereocenters. The molecule has 1 saturated carbocycles. The maximum atomic E-state index is 12.6. The van der Waals surface area contributed by atoms with E-state index in [2.05, 4.69) is 0 Å². The smallest absolute Gasteiger partial charge is 0.338 e. The molecule has 2 heterocycles. The first kappa shape index (κ1) is 20.7. The summed E-state index contributed by atoms with van der Waals surface area (Å²) >= 11 is 0. The molecule has 0 amide bonds. The zero-order valence-electron chi connectivity index (χ0n) is 17.3. The van der Waals surface area contributed by atoms with Crippen LogP contribution in [0.5, 0.6) is 5.75 Å². The Kier molecular flexibility index (Phi) is 5.68. The lowest BCUT2D eigenvalue weighted by atomic mass is 9.91. The summed E-state index contributed by atoms with van der Waals surface area (Å²) in [7, 11) is 0. The van der Waals surface area contributed by atoms with Gasteiger partial charge >= 0.3 is 11.9 Å². The summed E-state index contributed by atoms with van der Waals surface area (Å²) in [5.41, 5.74) is 1.39. The molecule has 2 aliphatic heterocycles. The number of aliphatic hydroxyl groups is 1. The summed E-state index contributed by atoms with van der Waals surface area (Å²) in [5.74, 6) is -0.349. The van der Waals surface area contributed by atoms with Crippen molar-refractivity contribution in [2.45, 2.75) is 44.1 Å². The molecule has 7 heteroatoms. The molecule has 1 N–H and O–H groups in total. The van der Waals surface area contributed by atoms with Gasteiger partial charge in [0.15, 0.2) is 0 Å². The number of benzene rings is 2. The minimum atomic E-state index is -1.02. The highest BCUT2D eigenvalue weighted by Gasteiger charge is 2.50. The fourth-order valence-electron chi connectivity index (χ4n) is 4.64. The first-order chi connectivity index (χ1) is 15.6. The Bertz CT molecular complexity index is 1020. The highest BCUT2D eigenvalue weighted by molar-refractivity contribution is 5.89. The average molecular weight is 436 g/mol. The van der Waals surface area contributed by atoms with Gasteiger partial charge in [0.2, 0.25) is 6.29 Å². The molecule has 1 saturated heterocycles. The highest BCUT2D eigenvalue weighted by atomic mass is 16.7. The Morgan fingerprint density at radius 1 is 1.09 bits per heavy atom.